The number of hydrogen-bond donors (Lipinski definition) is 1. The average molecular weight is 384 g/mol. The highest BCUT2D eigenvalue weighted by Gasteiger charge is 2.13. The number of aromatic nitrogens is 4. The van der Waals surface area contributed by atoms with Gasteiger partial charge in [-0.1, -0.05) is 11.6 Å². The molecule has 2 aromatic carbocycles. The molecule has 0 spiro atoms. The van der Waals surface area contributed by atoms with Crippen molar-refractivity contribution in [2.75, 3.05) is 5.43 Å². The molecule has 4 rings (SSSR count). The number of hydrogen-bond acceptors (Lipinski definition) is 4. The summed E-state index contributed by atoms with van der Waals surface area (Å²) in [6.45, 7) is 0. The third-order valence-electron chi connectivity index (χ3n) is 3.89. The summed E-state index contributed by atoms with van der Waals surface area (Å²) in [7, 11) is 0. The molecule has 0 atom stereocenters. The van der Waals surface area contributed by atoms with Crippen molar-refractivity contribution in [1.29, 1.82) is 0 Å². The Balaban J connectivity index is 1.69. The Morgan fingerprint density at radius 2 is 1.78 bits per heavy atom. The number of rotatable bonds is 3. The zero-order valence-corrected chi connectivity index (χ0v) is 14.4. The van der Waals surface area contributed by atoms with Crippen LogP contribution < -0.4 is 11.0 Å². The molecular weight excluding hydrogens is 373 g/mol. The lowest BCUT2D eigenvalue weighted by Gasteiger charge is -2.08. The molecule has 27 heavy (non-hydrogen) atoms. The Hall–Kier alpha value is -3.52. The summed E-state index contributed by atoms with van der Waals surface area (Å²) in [5, 5.41) is 4.84. The first-order chi connectivity index (χ1) is 13.0. The molecule has 0 bridgehead atoms. The van der Waals surface area contributed by atoms with Crippen LogP contribution in [0.4, 0.5) is 4.39 Å². The first-order valence-corrected chi connectivity index (χ1v) is 8.19. The van der Waals surface area contributed by atoms with E-state index in [1.165, 1.54) is 41.5 Å². The smallest absolute Gasteiger partial charge is 0.267 e. The molecule has 4 aromatic rings. The van der Waals surface area contributed by atoms with E-state index in [4.69, 9.17) is 11.6 Å². The van der Waals surface area contributed by atoms with Gasteiger partial charge in [-0.15, -0.1) is 0 Å². The maximum Gasteiger partial charge on any atom is 0.283 e. The van der Waals surface area contributed by atoms with Gasteiger partial charge in [0.05, 0.1) is 11.9 Å². The molecule has 7 nitrogen and oxygen atoms in total. The van der Waals surface area contributed by atoms with Gasteiger partial charge in [0.15, 0.2) is 5.65 Å². The maximum atomic E-state index is 13.1. The molecule has 1 N–H and O–H groups in total. The molecule has 0 unspecified atom stereocenters. The molecule has 0 radical (unpaired) electrons. The highest BCUT2D eigenvalue weighted by molar-refractivity contribution is 6.30. The minimum atomic E-state index is -0.490. The number of benzene rings is 2. The van der Waals surface area contributed by atoms with Crippen LogP contribution in [0, 0.1) is 5.82 Å². The molecule has 1 amide bonds. The Labute approximate surface area is 156 Å². The molecule has 0 saturated carbocycles. The Kier molecular flexibility index (Phi) is 4.17. The quantitative estimate of drug-likeness (QED) is 0.589. The van der Waals surface area contributed by atoms with Crippen LogP contribution in [0.2, 0.25) is 5.02 Å². The lowest BCUT2D eigenvalue weighted by Crippen LogP contribution is -2.33. The van der Waals surface area contributed by atoms with Crippen LogP contribution in [0.3, 0.4) is 0 Å². The van der Waals surface area contributed by atoms with E-state index < -0.39 is 11.5 Å². The molecule has 2 heterocycles. The van der Waals surface area contributed by atoms with Gasteiger partial charge in [-0.2, -0.15) is 5.10 Å². The summed E-state index contributed by atoms with van der Waals surface area (Å²) >= 11 is 5.80. The van der Waals surface area contributed by atoms with Crippen LogP contribution in [-0.4, -0.2) is 25.3 Å². The summed E-state index contributed by atoms with van der Waals surface area (Å²) < 4.78 is 15.5. The molecule has 0 aliphatic heterocycles. The van der Waals surface area contributed by atoms with E-state index in [0.29, 0.717) is 21.9 Å². The Bertz CT molecular complexity index is 1200. The van der Waals surface area contributed by atoms with E-state index in [2.05, 4.69) is 15.5 Å². The molecule has 134 valence electrons. The lowest BCUT2D eigenvalue weighted by molar-refractivity contribution is 0.101. The van der Waals surface area contributed by atoms with E-state index in [1.54, 1.807) is 24.3 Å². The fourth-order valence-electron chi connectivity index (χ4n) is 2.54. The number of fused-ring (bicyclic) bond motifs is 1. The number of carbonyl (C=O) groups is 1. The van der Waals surface area contributed by atoms with Crippen LogP contribution in [-0.2, 0) is 0 Å². The molecule has 0 aliphatic carbocycles. The third-order valence-corrected chi connectivity index (χ3v) is 4.14. The second-order valence-corrected chi connectivity index (χ2v) is 6.07. The minimum absolute atomic E-state index is 0.207. The van der Waals surface area contributed by atoms with Crippen molar-refractivity contribution in [2.45, 2.75) is 0 Å². The van der Waals surface area contributed by atoms with Crippen molar-refractivity contribution in [3.8, 4) is 5.69 Å². The van der Waals surface area contributed by atoms with E-state index in [0.717, 1.165) is 4.68 Å². The number of halogens is 2. The molecule has 2 aromatic heterocycles. The van der Waals surface area contributed by atoms with Crippen LogP contribution in [0.1, 0.15) is 10.4 Å². The maximum absolute atomic E-state index is 13.1. The predicted molar refractivity (Wildman–Crippen MR) is 98.2 cm³/mol. The zero-order chi connectivity index (χ0) is 19.0. The standard InChI is InChI=1S/C18H11ClFN5O2/c19-12-3-1-11(2-4-12)17(26)23-24-10-21-16-15(18(24)27)9-22-25(16)14-7-5-13(20)6-8-14/h1-10H,(H,23,26). The van der Waals surface area contributed by atoms with Crippen molar-refractivity contribution < 1.29 is 9.18 Å². The van der Waals surface area contributed by atoms with Crippen molar-refractivity contribution >= 4 is 28.5 Å². The van der Waals surface area contributed by atoms with Gasteiger partial charge in [0.2, 0.25) is 0 Å². The second kappa shape index (κ2) is 6.65. The average Bonchev–Trinajstić information content (AvgIpc) is 3.10. The Morgan fingerprint density at radius 3 is 2.48 bits per heavy atom. The van der Waals surface area contributed by atoms with Crippen LogP contribution in [0.5, 0.6) is 0 Å². The largest absolute Gasteiger partial charge is 0.283 e. The van der Waals surface area contributed by atoms with Gasteiger partial charge in [0.25, 0.3) is 11.5 Å². The first-order valence-electron chi connectivity index (χ1n) is 7.81. The molecular formula is C18H11ClFN5O2. The SMILES string of the molecule is O=C(Nn1cnc2c(cnn2-c2ccc(F)cc2)c1=O)c1ccc(Cl)cc1. The molecule has 0 saturated heterocycles. The predicted octanol–water partition coefficient (Wildman–Crippen LogP) is 2.76. The van der Waals surface area contributed by atoms with Crippen molar-refractivity contribution in [3.05, 3.63) is 87.8 Å². The minimum Gasteiger partial charge on any atom is -0.267 e. The first kappa shape index (κ1) is 16.9. The van der Waals surface area contributed by atoms with Gasteiger partial charge in [-0.25, -0.2) is 18.7 Å². The fraction of sp³-hybridized carbons (Fsp3) is 0. The zero-order valence-electron chi connectivity index (χ0n) is 13.6. The van der Waals surface area contributed by atoms with Crippen LogP contribution >= 0.6 is 11.6 Å². The molecule has 0 aliphatic rings. The van der Waals surface area contributed by atoms with E-state index >= 15 is 0 Å². The normalized spacial score (nSPS) is 10.9. The van der Waals surface area contributed by atoms with E-state index in [1.807, 2.05) is 0 Å². The lowest BCUT2D eigenvalue weighted by atomic mass is 10.2. The second-order valence-electron chi connectivity index (χ2n) is 5.64. The highest BCUT2D eigenvalue weighted by Crippen LogP contribution is 2.14. The number of carbonyl (C=O) groups excluding carboxylic acids is 1. The number of nitrogens with zero attached hydrogens (tertiary/aromatic N) is 4. The highest BCUT2D eigenvalue weighted by atomic mass is 35.5. The van der Waals surface area contributed by atoms with Gasteiger partial charge in [0, 0.05) is 10.6 Å². The number of amides is 1. The summed E-state index contributed by atoms with van der Waals surface area (Å²) in [6.07, 6.45) is 2.54. The summed E-state index contributed by atoms with van der Waals surface area (Å²) in [5.41, 5.74) is 3.17. The van der Waals surface area contributed by atoms with Gasteiger partial charge >= 0.3 is 0 Å². The number of nitrogens with one attached hydrogen (secondary N) is 1. The van der Waals surface area contributed by atoms with Crippen molar-refractivity contribution in [3.63, 3.8) is 0 Å². The van der Waals surface area contributed by atoms with Gasteiger partial charge in [-0.3, -0.25) is 15.0 Å². The summed E-state index contributed by atoms with van der Waals surface area (Å²) in [4.78, 5) is 29.1. The monoisotopic (exact) mass is 383 g/mol. The van der Waals surface area contributed by atoms with Crippen LogP contribution in [0.15, 0.2) is 65.8 Å². The fourth-order valence-corrected chi connectivity index (χ4v) is 2.66. The van der Waals surface area contributed by atoms with Crippen LogP contribution in [0.25, 0.3) is 16.7 Å². The van der Waals surface area contributed by atoms with Crippen molar-refractivity contribution in [1.82, 2.24) is 19.4 Å². The van der Waals surface area contributed by atoms with Gasteiger partial charge in [0.1, 0.15) is 17.5 Å². The topological polar surface area (TPSA) is 81.8 Å². The Morgan fingerprint density at radius 1 is 1.07 bits per heavy atom. The molecule has 9 heteroatoms. The molecule has 0 fully saturated rings. The van der Waals surface area contributed by atoms with E-state index in [-0.39, 0.29) is 11.2 Å². The third kappa shape index (κ3) is 3.18. The van der Waals surface area contributed by atoms with Crippen molar-refractivity contribution in [2.24, 2.45) is 0 Å². The van der Waals surface area contributed by atoms with Gasteiger partial charge in [-0.05, 0) is 48.5 Å². The van der Waals surface area contributed by atoms with Gasteiger partial charge < -0.3 is 0 Å². The summed E-state index contributed by atoms with van der Waals surface area (Å²) in [6, 6.07) is 11.9. The van der Waals surface area contributed by atoms with E-state index in [9.17, 15) is 14.0 Å². The summed E-state index contributed by atoms with van der Waals surface area (Å²) in [5.74, 6) is -0.865.